The minimum Gasteiger partial charge on any atom is -0.478 e. The molecule has 4 nitrogen and oxygen atoms in total. The molecule has 0 saturated carbocycles. The van der Waals surface area contributed by atoms with E-state index >= 15 is 0 Å². The number of aliphatic carboxylic acids is 2. The van der Waals surface area contributed by atoms with Gasteiger partial charge in [-0.25, -0.2) is 9.59 Å². The Morgan fingerprint density at radius 2 is 1.30 bits per heavy atom. The number of carboxylic acids is 2. The third-order valence-electron chi connectivity index (χ3n) is 3.27. The lowest BCUT2D eigenvalue weighted by atomic mass is 9.84. The van der Waals surface area contributed by atoms with Crippen molar-refractivity contribution in [3.8, 4) is 0 Å². The van der Waals surface area contributed by atoms with Crippen molar-refractivity contribution >= 4 is 35.1 Å². The van der Waals surface area contributed by atoms with E-state index in [0.717, 1.165) is 0 Å². The summed E-state index contributed by atoms with van der Waals surface area (Å²) in [4.78, 5) is 22.7. The molecule has 6 heteroatoms. The van der Waals surface area contributed by atoms with Crippen LogP contribution in [0.4, 0.5) is 0 Å². The molecule has 118 valence electrons. The Bertz CT molecular complexity index is 738. The van der Waals surface area contributed by atoms with E-state index in [2.05, 4.69) is 0 Å². The molecule has 0 heterocycles. The fourth-order valence-corrected chi connectivity index (χ4v) is 2.81. The number of hydrogen-bond acceptors (Lipinski definition) is 2. The van der Waals surface area contributed by atoms with Crippen molar-refractivity contribution in [3.63, 3.8) is 0 Å². The first-order valence-corrected chi connectivity index (χ1v) is 7.34. The van der Waals surface area contributed by atoms with Crippen LogP contribution in [0.1, 0.15) is 17.0 Å². The van der Waals surface area contributed by atoms with Gasteiger partial charge in [0.05, 0.1) is 5.57 Å². The molecule has 0 amide bonds. The summed E-state index contributed by atoms with van der Waals surface area (Å²) in [7, 11) is 0. The summed E-state index contributed by atoms with van der Waals surface area (Å²) < 4.78 is 0. The Balaban J connectivity index is 2.75. The lowest BCUT2D eigenvalue weighted by Crippen LogP contribution is -2.15. The van der Waals surface area contributed by atoms with Gasteiger partial charge in [-0.15, -0.1) is 0 Å². The second-order valence-corrected chi connectivity index (χ2v) is 5.53. The summed E-state index contributed by atoms with van der Waals surface area (Å²) in [5.74, 6) is -3.60. The lowest BCUT2D eigenvalue weighted by molar-refractivity contribution is -0.135. The molecular formula is C17H12Cl2O4. The first-order chi connectivity index (χ1) is 10.9. The van der Waals surface area contributed by atoms with Crippen LogP contribution in [0.3, 0.4) is 0 Å². The maximum atomic E-state index is 11.6. The Labute approximate surface area is 142 Å². The summed E-state index contributed by atoms with van der Waals surface area (Å²) in [6.07, 6.45) is 0.666. The molecule has 0 unspecified atom stereocenters. The van der Waals surface area contributed by atoms with Gasteiger partial charge < -0.3 is 10.2 Å². The number of benzene rings is 2. The number of halogens is 2. The molecule has 0 atom stereocenters. The average Bonchev–Trinajstić information content (AvgIpc) is 2.49. The van der Waals surface area contributed by atoms with E-state index in [-0.39, 0.29) is 5.57 Å². The topological polar surface area (TPSA) is 74.6 Å². The molecule has 0 aromatic heterocycles. The zero-order chi connectivity index (χ0) is 17.0. The Hall–Kier alpha value is -2.30. The van der Waals surface area contributed by atoms with Gasteiger partial charge in [0.1, 0.15) is 0 Å². The van der Waals surface area contributed by atoms with Crippen molar-refractivity contribution in [3.05, 3.63) is 81.4 Å². The highest BCUT2D eigenvalue weighted by Crippen LogP contribution is 2.39. The Morgan fingerprint density at radius 1 is 0.870 bits per heavy atom. The molecule has 0 bridgehead atoms. The Morgan fingerprint density at radius 3 is 1.65 bits per heavy atom. The first-order valence-electron chi connectivity index (χ1n) is 6.58. The van der Waals surface area contributed by atoms with Crippen LogP contribution < -0.4 is 0 Å². The van der Waals surface area contributed by atoms with Gasteiger partial charge in [0, 0.05) is 22.0 Å². The second kappa shape index (κ2) is 7.31. The third kappa shape index (κ3) is 3.92. The van der Waals surface area contributed by atoms with Gasteiger partial charge >= 0.3 is 11.9 Å². The van der Waals surface area contributed by atoms with E-state index in [1.165, 1.54) is 0 Å². The largest absolute Gasteiger partial charge is 0.478 e. The number of hydrogen-bond donors (Lipinski definition) is 2. The maximum absolute atomic E-state index is 11.6. The number of rotatable bonds is 5. The van der Waals surface area contributed by atoms with Crippen molar-refractivity contribution in [2.45, 2.75) is 5.92 Å². The number of carbonyl (C=O) groups is 2. The van der Waals surface area contributed by atoms with Gasteiger partial charge in [-0.05, 0) is 23.3 Å². The summed E-state index contributed by atoms with van der Waals surface area (Å²) >= 11 is 12.4. The zero-order valence-electron chi connectivity index (χ0n) is 11.7. The van der Waals surface area contributed by atoms with Gasteiger partial charge in [0.2, 0.25) is 0 Å². The van der Waals surface area contributed by atoms with E-state index in [4.69, 9.17) is 28.3 Å². The first kappa shape index (κ1) is 17.1. The van der Waals surface area contributed by atoms with Crippen molar-refractivity contribution in [1.82, 2.24) is 0 Å². The van der Waals surface area contributed by atoms with Gasteiger partial charge in [0.25, 0.3) is 0 Å². The van der Waals surface area contributed by atoms with Gasteiger partial charge in [-0.3, -0.25) is 0 Å². The smallest absolute Gasteiger partial charge is 0.332 e. The van der Waals surface area contributed by atoms with Crippen LogP contribution in [0.25, 0.3) is 0 Å². The van der Waals surface area contributed by atoms with Gasteiger partial charge in [-0.2, -0.15) is 0 Å². The van der Waals surface area contributed by atoms with Crippen molar-refractivity contribution in [2.75, 3.05) is 0 Å². The highest BCUT2D eigenvalue weighted by atomic mass is 35.5. The fraction of sp³-hybridized carbons (Fsp3) is 0.0588. The van der Waals surface area contributed by atoms with E-state index in [0.29, 0.717) is 27.2 Å². The summed E-state index contributed by atoms with van der Waals surface area (Å²) in [6, 6.07) is 13.3. The summed E-state index contributed by atoms with van der Waals surface area (Å²) in [6.45, 7) is 0. The zero-order valence-corrected chi connectivity index (χ0v) is 13.3. The van der Waals surface area contributed by atoms with E-state index in [1.54, 1.807) is 48.5 Å². The quantitative estimate of drug-likeness (QED) is 0.791. The standard InChI is InChI=1S/C17H12Cl2O4/c18-13-7-3-1-5-10(13)16(11-6-2-4-8-14(11)19)12(17(22)23)9-15(20)21/h1-9,16H,(H,20,21)(H,22,23). The van der Waals surface area contributed by atoms with E-state index < -0.39 is 17.9 Å². The Kier molecular flexibility index (Phi) is 5.42. The monoisotopic (exact) mass is 350 g/mol. The molecule has 0 radical (unpaired) electrons. The molecule has 0 saturated heterocycles. The molecule has 2 aromatic carbocycles. The van der Waals surface area contributed by atoms with Gasteiger partial charge in [0.15, 0.2) is 0 Å². The van der Waals surface area contributed by atoms with Crippen LogP contribution in [0.2, 0.25) is 10.0 Å². The predicted molar refractivity (Wildman–Crippen MR) is 88.1 cm³/mol. The van der Waals surface area contributed by atoms with Crippen LogP contribution in [0.5, 0.6) is 0 Å². The van der Waals surface area contributed by atoms with Crippen molar-refractivity contribution < 1.29 is 19.8 Å². The van der Waals surface area contributed by atoms with Crippen LogP contribution in [-0.2, 0) is 9.59 Å². The summed E-state index contributed by atoms with van der Waals surface area (Å²) in [5, 5.41) is 19.1. The normalized spacial score (nSPS) is 11.5. The number of carboxylic acid groups (broad SMARTS) is 2. The molecule has 0 aliphatic heterocycles. The molecule has 0 aliphatic carbocycles. The molecule has 0 fully saturated rings. The molecule has 2 rings (SSSR count). The SMILES string of the molecule is O=C(O)C=C(C(=O)O)C(c1ccccc1Cl)c1ccccc1Cl. The second-order valence-electron chi connectivity index (χ2n) is 4.72. The molecule has 2 aromatic rings. The van der Waals surface area contributed by atoms with Crippen molar-refractivity contribution in [1.29, 1.82) is 0 Å². The van der Waals surface area contributed by atoms with Crippen LogP contribution in [0, 0.1) is 0 Å². The van der Waals surface area contributed by atoms with Crippen LogP contribution in [-0.4, -0.2) is 22.2 Å². The van der Waals surface area contributed by atoms with Gasteiger partial charge in [-0.1, -0.05) is 59.6 Å². The molecular weight excluding hydrogens is 339 g/mol. The predicted octanol–water partition coefficient (Wildman–Crippen LogP) is 4.22. The highest BCUT2D eigenvalue weighted by Gasteiger charge is 2.28. The average molecular weight is 351 g/mol. The minimum atomic E-state index is -1.36. The minimum absolute atomic E-state index is 0.321. The third-order valence-corrected chi connectivity index (χ3v) is 3.96. The van der Waals surface area contributed by atoms with Crippen molar-refractivity contribution in [2.24, 2.45) is 0 Å². The molecule has 23 heavy (non-hydrogen) atoms. The fourth-order valence-electron chi connectivity index (χ4n) is 2.32. The summed E-state index contributed by atoms with van der Waals surface area (Å²) in [5.41, 5.74) is 0.619. The molecule has 0 spiro atoms. The van der Waals surface area contributed by atoms with Crippen LogP contribution >= 0.6 is 23.2 Å². The molecule has 0 aliphatic rings. The van der Waals surface area contributed by atoms with E-state index in [9.17, 15) is 14.7 Å². The maximum Gasteiger partial charge on any atom is 0.332 e. The molecule has 2 N–H and O–H groups in total. The lowest BCUT2D eigenvalue weighted by Gasteiger charge is -2.21. The van der Waals surface area contributed by atoms with Crippen LogP contribution in [0.15, 0.2) is 60.2 Å². The highest BCUT2D eigenvalue weighted by molar-refractivity contribution is 6.32. The van der Waals surface area contributed by atoms with E-state index in [1.807, 2.05) is 0 Å².